The molecule has 6 aromatic rings. The Morgan fingerprint density at radius 2 is 0.767 bits per heavy atom. The molecular formula is C70H94N2O14. The summed E-state index contributed by atoms with van der Waals surface area (Å²) in [7, 11) is 1.59. The molecule has 0 aliphatic carbocycles. The lowest BCUT2D eigenvalue weighted by atomic mass is 9.82. The Labute approximate surface area is 509 Å². The number of hydrogen-bond acceptors (Lipinski definition) is 14. The number of benzene rings is 6. The van der Waals surface area contributed by atoms with E-state index in [-0.39, 0.29) is 80.4 Å². The largest absolute Gasteiger partial charge is 0.491 e. The second kappa shape index (κ2) is 32.0. The first-order valence-corrected chi connectivity index (χ1v) is 31.6. The minimum absolute atomic E-state index is 0.0742. The maximum atomic E-state index is 14.4. The van der Waals surface area contributed by atoms with Crippen LogP contribution >= 0.6 is 0 Å². The van der Waals surface area contributed by atoms with E-state index in [0.29, 0.717) is 92.3 Å². The van der Waals surface area contributed by atoms with Gasteiger partial charge in [0.05, 0.1) is 108 Å². The van der Waals surface area contributed by atoms with Gasteiger partial charge in [0, 0.05) is 53.3 Å². The number of methoxy groups -OCH3 is 1. The summed E-state index contributed by atoms with van der Waals surface area (Å²) in [5.41, 5.74) is 3.13. The van der Waals surface area contributed by atoms with Crippen LogP contribution in [0.25, 0.3) is 43.1 Å². The van der Waals surface area contributed by atoms with Crippen molar-refractivity contribution in [3.63, 3.8) is 0 Å². The lowest BCUT2D eigenvalue weighted by molar-refractivity contribution is -0.109. The number of fused-ring (bicyclic) bond motifs is 2. The van der Waals surface area contributed by atoms with Crippen molar-refractivity contribution < 1.29 is 66.5 Å². The summed E-state index contributed by atoms with van der Waals surface area (Å²) in [6.07, 6.45) is 9.47. The highest BCUT2D eigenvalue weighted by atomic mass is 16.6. The van der Waals surface area contributed by atoms with Gasteiger partial charge in [-0.05, 0) is 156 Å². The van der Waals surface area contributed by atoms with E-state index in [9.17, 15) is 19.2 Å². The highest BCUT2D eigenvalue weighted by Gasteiger charge is 2.39. The number of hydrogen-bond donors (Lipinski definition) is 0. The van der Waals surface area contributed by atoms with Gasteiger partial charge in [0.15, 0.2) is 0 Å². The van der Waals surface area contributed by atoms with Gasteiger partial charge >= 0.3 is 0 Å². The van der Waals surface area contributed by atoms with Crippen LogP contribution in [-0.4, -0.2) is 168 Å². The molecule has 0 saturated carbocycles. The van der Waals surface area contributed by atoms with Gasteiger partial charge in [0.2, 0.25) is 0 Å². The minimum Gasteiger partial charge on any atom is -0.491 e. The molecule has 0 N–H and O–H groups in total. The number of amides is 4. The number of rotatable bonds is 40. The molecule has 6 aromatic carbocycles. The molecule has 9 atom stereocenters. The van der Waals surface area contributed by atoms with Crippen LogP contribution in [0.15, 0.2) is 72.8 Å². The third-order valence-corrected chi connectivity index (χ3v) is 16.3. The normalized spacial score (nSPS) is 16.8. The molecule has 0 saturated heterocycles. The first-order chi connectivity index (χ1) is 41.5. The Kier molecular flexibility index (Phi) is 24.7. The first-order valence-electron chi connectivity index (χ1n) is 31.6. The van der Waals surface area contributed by atoms with Gasteiger partial charge in [-0.15, -0.1) is 0 Å². The number of imide groups is 2. The standard InChI is InChI=1S/C70H94N2O14/c1-12-13-14-15-16-17-18-21-53-22-19-23-54(34-53)86-43-52(10)85-42-51(9)84-41-50(8)83-40-49(7)82-39-48(6)81-38-47(5)80-37-46(4)79-36-45(3)78-35-44(2)72-69(75)61-30-26-57-55-24-28-59-65-60(68(74)71(67(59)73)32-20-33-77-11)29-25-56(63(55)65)58-27-31-62(70(72)76)66(61)64(57)58/h19,22-31,34,44-52H,12-18,20-21,32-33,35-43H2,1-11H3. The minimum atomic E-state index is -0.574. The molecule has 0 bridgehead atoms. The lowest BCUT2D eigenvalue weighted by Gasteiger charge is -2.33. The van der Waals surface area contributed by atoms with E-state index in [1.54, 1.807) is 31.4 Å². The summed E-state index contributed by atoms with van der Waals surface area (Å²) in [6.45, 7) is 23.9. The second-order valence-electron chi connectivity index (χ2n) is 24.1. The third kappa shape index (κ3) is 16.7. The van der Waals surface area contributed by atoms with E-state index in [4.69, 9.17) is 47.4 Å². The molecule has 8 rings (SSSR count). The number of unbranched alkanes of at least 4 members (excludes halogenated alkanes) is 6. The zero-order valence-electron chi connectivity index (χ0n) is 52.9. The number of nitrogens with zero attached hydrogens (tertiary/aromatic N) is 2. The average molecular weight is 1190 g/mol. The highest BCUT2D eigenvalue weighted by Crippen LogP contribution is 2.46. The predicted molar refractivity (Wildman–Crippen MR) is 336 cm³/mol. The van der Waals surface area contributed by atoms with Crippen LogP contribution in [0.3, 0.4) is 0 Å². The van der Waals surface area contributed by atoms with Crippen molar-refractivity contribution >= 4 is 66.7 Å². The van der Waals surface area contributed by atoms with Crippen molar-refractivity contribution in [2.75, 3.05) is 79.7 Å². The molecule has 0 fully saturated rings. The van der Waals surface area contributed by atoms with Crippen LogP contribution in [0, 0.1) is 0 Å². The summed E-state index contributed by atoms with van der Waals surface area (Å²) in [5, 5.41) is 6.20. The fourth-order valence-electron chi connectivity index (χ4n) is 11.5. The summed E-state index contributed by atoms with van der Waals surface area (Å²) >= 11 is 0. The van der Waals surface area contributed by atoms with E-state index in [2.05, 4.69) is 25.1 Å². The van der Waals surface area contributed by atoms with Crippen molar-refractivity contribution in [3.8, 4) is 5.75 Å². The molecule has 0 aromatic heterocycles. The Hall–Kier alpha value is -5.66. The molecule has 0 spiro atoms. The molecule has 468 valence electrons. The van der Waals surface area contributed by atoms with Crippen LogP contribution in [0.2, 0.25) is 0 Å². The zero-order valence-corrected chi connectivity index (χ0v) is 52.9. The highest BCUT2D eigenvalue weighted by molar-refractivity contribution is 6.41. The molecule has 86 heavy (non-hydrogen) atoms. The topological polar surface area (TPSA) is 167 Å². The van der Waals surface area contributed by atoms with E-state index < -0.39 is 17.9 Å². The fraction of sp³-hybridized carbons (Fsp3) is 0.571. The third-order valence-electron chi connectivity index (χ3n) is 16.3. The zero-order chi connectivity index (χ0) is 61.4. The summed E-state index contributed by atoms with van der Waals surface area (Å²) in [6, 6.07) is 22.7. The van der Waals surface area contributed by atoms with Crippen LogP contribution in [0.1, 0.15) is 168 Å². The van der Waals surface area contributed by atoms with Gasteiger partial charge < -0.3 is 47.4 Å². The van der Waals surface area contributed by atoms with E-state index in [1.165, 1.54) is 60.3 Å². The van der Waals surface area contributed by atoms with Crippen molar-refractivity contribution in [2.24, 2.45) is 0 Å². The molecule has 9 unspecified atom stereocenters. The smallest absolute Gasteiger partial charge is 0.261 e. The SMILES string of the molecule is CCCCCCCCCc1cccc(OCC(C)OCC(C)OCC(C)OCC(C)OCC(C)OCC(C)OCC(C)OCC(C)OCC(C)N2C(=O)c3ccc4c5ccc6c7c(ccc(c8ccc(c3c48)C2=O)c75)C(=O)N(CCCOC)C6=O)c1. The second-order valence-corrected chi connectivity index (χ2v) is 24.1. The number of ether oxygens (including phenoxy) is 10. The van der Waals surface area contributed by atoms with Crippen LogP contribution in [0.5, 0.6) is 5.75 Å². The van der Waals surface area contributed by atoms with Crippen molar-refractivity contribution in [2.45, 2.75) is 182 Å². The Morgan fingerprint density at radius 1 is 0.395 bits per heavy atom. The maximum Gasteiger partial charge on any atom is 0.261 e. The van der Waals surface area contributed by atoms with Gasteiger partial charge in [0.1, 0.15) is 12.4 Å². The van der Waals surface area contributed by atoms with Crippen LogP contribution in [0.4, 0.5) is 0 Å². The molecule has 4 amide bonds. The molecular weight excluding hydrogens is 1090 g/mol. The molecule has 0 radical (unpaired) electrons. The molecule has 2 aliphatic rings. The monoisotopic (exact) mass is 1190 g/mol. The molecule has 2 aliphatic heterocycles. The van der Waals surface area contributed by atoms with Crippen LogP contribution < -0.4 is 4.74 Å². The van der Waals surface area contributed by atoms with Gasteiger partial charge in [-0.1, -0.05) is 81.8 Å². The summed E-state index contributed by atoms with van der Waals surface area (Å²) < 4.78 is 59.8. The Bertz CT molecular complexity index is 3080. The molecule has 16 nitrogen and oxygen atoms in total. The molecule has 16 heteroatoms. The van der Waals surface area contributed by atoms with E-state index >= 15 is 0 Å². The van der Waals surface area contributed by atoms with Gasteiger partial charge in [-0.2, -0.15) is 0 Å². The maximum absolute atomic E-state index is 14.4. The summed E-state index contributed by atoms with van der Waals surface area (Å²) in [5.74, 6) is -0.558. The van der Waals surface area contributed by atoms with Crippen LogP contribution in [-0.2, 0) is 49.1 Å². The van der Waals surface area contributed by atoms with Gasteiger partial charge in [-0.25, -0.2) is 0 Å². The first kappa shape index (κ1) is 66.3. The summed E-state index contributed by atoms with van der Waals surface area (Å²) in [4.78, 5) is 58.8. The van der Waals surface area contributed by atoms with E-state index in [1.807, 2.05) is 92.6 Å². The van der Waals surface area contributed by atoms with Crippen molar-refractivity contribution in [1.82, 2.24) is 9.80 Å². The lowest BCUT2D eigenvalue weighted by Crippen LogP contribution is -2.48. The average Bonchev–Trinajstić information content (AvgIpc) is 0.712. The Morgan fingerprint density at radius 3 is 1.17 bits per heavy atom. The number of aryl methyl sites for hydroxylation is 1. The predicted octanol–water partition coefficient (Wildman–Crippen LogP) is 13.0. The quantitative estimate of drug-likeness (QED) is 0.0154. The van der Waals surface area contributed by atoms with E-state index in [0.717, 1.165) is 44.5 Å². The number of carbonyl (C=O) groups excluding carboxylic acids is 4. The molecule has 2 heterocycles. The van der Waals surface area contributed by atoms with Gasteiger partial charge in [-0.3, -0.25) is 29.0 Å². The van der Waals surface area contributed by atoms with Gasteiger partial charge in [0.25, 0.3) is 23.6 Å². The fourth-order valence-corrected chi connectivity index (χ4v) is 11.5. The Balaban J connectivity index is 0.686. The van der Waals surface area contributed by atoms with Crippen molar-refractivity contribution in [3.05, 3.63) is 101 Å². The number of carbonyl (C=O) groups is 4. The van der Waals surface area contributed by atoms with Crippen molar-refractivity contribution in [1.29, 1.82) is 0 Å².